The van der Waals surface area contributed by atoms with E-state index >= 15 is 0 Å². The summed E-state index contributed by atoms with van der Waals surface area (Å²) in [6, 6.07) is 5.17. The van der Waals surface area contributed by atoms with Gasteiger partial charge in [0.2, 0.25) is 0 Å². The quantitative estimate of drug-likeness (QED) is 0.792. The van der Waals surface area contributed by atoms with E-state index in [0.29, 0.717) is 0 Å². The highest BCUT2D eigenvalue weighted by Gasteiger charge is 2.43. The molecule has 1 heterocycles. The fourth-order valence-electron chi connectivity index (χ4n) is 2.48. The van der Waals surface area contributed by atoms with Crippen molar-refractivity contribution in [2.75, 3.05) is 13.7 Å². The van der Waals surface area contributed by atoms with E-state index in [1.165, 1.54) is 24.1 Å². The van der Waals surface area contributed by atoms with Crippen LogP contribution in [0.4, 0.5) is 9.18 Å². The van der Waals surface area contributed by atoms with Crippen LogP contribution in [0, 0.1) is 5.82 Å². The molecule has 1 aliphatic rings. The number of hydrogen-bond acceptors (Lipinski definition) is 5. The van der Waals surface area contributed by atoms with Crippen LogP contribution in [0.5, 0.6) is 5.75 Å². The second-order valence-corrected chi connectivity index (χ2v) is 6.58. The number of methoxy groups -OCH3 is 1. The molecule has 1 aromatic carbocycles. The number of ether oxygens (including phenoxy) is 3. The molecule has 0 aromatic heterocycles. The van der Waals surface area contributed by atoms with Crippen molar-refractivity contribution in [2.24, 2.45) is 0 Å². The third-order valence-corrected chi connectivity index (χ3v) is 3.49. The van der Waals surface area contributed by atoms with E-state index in [0.717, 1.165) is 0 Å². The first kappa shape index (κ1) is 18.0. The summed E-state index contributed by atoms with van der Waals surface area (Å²) >= 11 is 0. The van der Waals surface area contributed by atoms with Crippen LogP contribution in [0.3, 0.4) is 0 Å². The first-order valence-corrected chi connectivity index (χ1v) is 7.70. The highest BCUT2D eigenvalue weighted by Crippen LogP contribution is 2.27. The molecule has 1 saturated heterocycles. The third kappa shape index (κ3) is 4.37. The summed E-state index contributed by atoms with van der Waals surface area (Å²) in [5.74, 6) is -0.972. The Morgan fingerprint density at radius 2 is 1.92 bits per heavy atom. The Balaban J connectivity index is 2.13. The van der Waals surface area contributed by atoms with Gasteiger partial charge < -0.3 is 14.2 Å². The molecular weight excluding hydrogens is 317 g/mol. The average molecular weight is 339 g/mol. The minimum atomic E-state index is -0.818. The standard InChI is InChI=1S/C17H22FNO5/c1-17(2,3)24-16(21)19-10-11(9-13(19)15(20)22-4)23-14-8-6-5-7-12(14)18/h5-8,11,13H,9-10H2,1-4H3/t11-,13?/m0/s1. The van der Waals surface area contributed by atoms with E-state index in [2.05, 4.69) is 0 Å². The van der Waals surface area contributed by atoms with Crippen LogP contribution in [-0.4, -0.2) is 48.4 Å². The molecule has 1 aromatic rings. The highest BCUT2D eigenvalue weighted by molar-refractivity contribution is 5.82. The van der Waals surface area contributed by atoms with Gasteiger partial charge in [0.1, 0.15) is 17.7 Å². The molecule has 2 atom stereocenters. The minimum Gasteiger partial charge on any atom is -0.485 e. The summed E-state index contributed by atoms with van der Waals surface area (Å²) < 4.78 is 29.4. The van der Waals surface area contributed by atoms with Crippen LogP contribution in [-0.2, 0) is 14.3 Å². The lowest BCUT2D eigenvalue weighted by atomic mass is 10.2. The van der Waals surface area contributed by atoms with Gasteiger partial charge in [0, 0.05) is 6.42 Å². The van der Waals surface area contributed by atoms with Gasteiger partial charge in [0.05, 0.1) is 13.7 Å². The molecular formula is C17H22FNO5. The van der Waals surface area contributed by atoms with E-state index in [1.807, 2.05) is 0 Å². The number of esters is 1. The van der Waals surface area contributed by atoms with Crippen molar-refractivity contribution in [1.82, 2.24) is 4.90 Å². The van der Waals surface area contributed by atoms with Crippen molar-refractivity contribution in [3.05, 3.63) is 30.1 Å². The number of amides is 1. The number of hydrogen-bond donors (Lipinski definition) is 0. The summed E-state index contributed by atoms with van der Waals surface area (Å²) in [5.41, 5.74) is -0.692. The molecule has 1 aliphatic heterocycles. The van der Waals surface area contributed by atoms with Crippen LogP contribution >= 0.6 is 0 Å². The normalized spacial score (nSPS) is 20.6. The maximum absolute atomic E-state index is 13.7. The van der Waals surface area contributed by atoms with Gasteiger partial charge in [-0.3, -0.25) is 4.90 Å². The second-order valence-electron chi connectivity index (χ2n) is 6.58. The fourth-order valence-corrected chi connectivity index (χ4v) is 2.48. The smallest absolute Gasteiger partial charge is 0.411 e. The van der Waals surface area contributed by atoms with Crippen molar-refractivity contribution < 1.29 is 28.2 Å². The Morgan fingerprint density at radius 1 is 1.25 bits per heavy atom. The number of halogens is 1. The van der Waals surface area contributed by atoms with Crippen molar-refractivity contribution in [1.29, 1.82) is 0 Å². The lowest BCUT2D eigenvalue weighted by Gasteiger charge is -2.27. The number of carbonyl (C=O) groups is 2. The molecule has 24 heavy (non-hydrogen) atoms. The molecule has 0 aliphatic carbocycles. The van der Waals surface area contributed by atoms with Crippen molar-refractivity contribution in [3.63, 3.8) is 0 Å². The first-order valence-electron chi connectivity index (χ1n) is 7.70. The SMILES string of the molecule is COC(=O)C1C[C@H](Oc2ccccc2F)CN1C(=O)OC(C)(C)C. The Morgan fingerprint density at radius 3 is 2.50 bits per heavy atom. The summed E-state index contributed by atoms with van der Waals surface area (Å²) in [5, 5.41) is 0. The van der Waals surface area contributed by atoms with Gasteiger partial charge in [0.15, 0.2) is 11.6 Å². The molecule has 1 unspecified atom stereocenters. The van der Waals surface area contributed by atoms with E-state index in [9.17, 15) is 14.0 Å². The number of para-hydroxylation sites is 1. The zero-order valence-corrected chi connectivity index (χ0v) is 14.2. The fraction of sp³-hybridized carbons (Fsp3) is 0.529. The molecule has 0 spiro atoms. The molecule has 1 fully saturated rings. The number of carbonyl (C=O) groups excluding carboxylic acids is 2. The number of likely N-dealkylation sites (tertiary alicyclic amines) is 1. The minimum absolute atomic E-state index is 0.0807. The van der Waals surface area contributed by atoms with Crippen molar-refractivity contribution >= 4 is 12.1 Å². The largest absolute Gasteiger partial charge is 0.485 e. The number of nitrogens with zero attached hydrogens (tertiary/aromatic N) is 1. The highest BCUT2D eigenvalue weighted by atomic mass is 19.1. The van der Waals surface area contributed by atoms with Crippen molar-refractivity contribution in [2.45, 2.75) is 44.9 Å². The maximum Gasteiger partial charge on any atom is 0.411 e. The molecule has 6 nitrogen and oxygen atoms in total. The Hall–Kier alpha value is -2.31. The van der Waals surface area contributed by atoms with E-state index in [1.54, 1.807) is 32.9 Å². The topological polar surface area (TPSA) is 65.1 Å². The van der Waals surface area contributed by atoms with Gasteiger partial charge >= 0.3 is 12.1 Å². The zero-order valence-electron chi connectivity index (χ0n) is 14.2. The molecule has 0 saturated carbocycles. The van der Waals surface area contributed by atoms with Crippen LogP contribution in [0.1, 0.15) is 27.2 Å². The van der Waals surface area contributed by atoms with Gasteiger partial charge in [0.25, 0.3) is 0 Å². The van der Waals surface area contributed by atoms with Crippen LogP contribution in [0.25, 0.3) is 0 Å². The lowest BCUT2D eigenvalue weighted by molar-refractivity contribution is -0.145. The van der Waals surface area contributed by atoms with Gasteiger partial charge in [-0.25, -0.2) is 14.0 Å². The van der Waals surface area contributed by atoms with Crippen LogP contribution in [0.15, 0.2) is 24.3 Å². The molecule has 7 heteroatoms. The Kier molecular flexibility index (Phi) is 5.31. The summed E-state index contributed by atoms with van der Waals surface area (Å²) in [6.45, 7) is 5.33. The summed E-state index contributed by atoms with van der Waals surface area (Å²) in [6.07, 6.45) is -0.948. The number of benzene rings is 1. The molecule has 2 rings (SSSR count). The molecule has 0 radical (unpaired) electrons. The van der Waals surface area contributed by atoms with Gasteiger partial charge in [-0.1, -0.05) is 12.1 Å². The maximum atomic E-state index is 13.7. The monoisotopic (exact) mass is 339 g/mol. The van der Waals surface area contributed by atoms with Crippen LogP contribution < -0.4 is 4.74 Å². The van der Waals surface area contributed by atoms with E-state index in [-0.39, 0.29) is 18.7 Å². The molecule has 1 amide bonds. The lowest BCUT2D eigenvalue weighted by Crippen LogP contribution is -2.44. The Bertz CT molecular complexity index is 613. The number of rotatable bonds is 3. The predicted molar refractivity (Wildman–Crippen MR) is 84.2 cm³/mol. The first-order chi connectivity index (χ1) is 11.2. The molecule has 0 bridgehead atoms. The van der Waals surface area contributed by atoms with E-state index < -0.39 is 35.6 Å². The van der Waals surface area contributed by atoms with Crippen LogP contribution in [0.2, 0.25) is 0 Å². The third-order valence-electron chi connectivity index (χ3n) is 3.49. The van der Waals surface area contributed by atoms with E-state index in [4.69, 9.17) is 14.2 Å². The van der Waals surface area contributed by atoms with Gasteiger partial charge in [-0.15, -0.1) is 0 Å². The summed E-state index contributed by atoms with van der Waals surface area (Å²) in [7, 11) is 1.25. The Labute approximate surface area is 140 Å². The zero-order chi connectivity index (χ0) is 17.9. The molecule has 132 valence electrons. The van der Waals surface area contributed by atoms with Gasteiger partial charge in [-0.2, -0.15) is 0 Å². The predicted octanol–water partition coefficient (Wildman–Crippen LogP) is 2.76. The average Bonchev–Trinajstić information content (AvgIpc) is 2.91. The van der Waals surface area contributed by atoms with Gasteiger partial charge in [-0.05, 0) is 32.9 Å². The summed E-state index contributed by atoms with van der Waals surface area (Å²) in [4.78, 5) is 25.5. The molecule has 0 N–H and O–H groups in total. The van der Waals surface area contributed by atoms with Crippen molar-refractivity contribution in [3.8, 4) is 5.75 Å². The second kappa shape index (κ2) is 7.07.